The fraction of sp³-hybridized carbons (Fsp3) is 0.375. The summed E-state index contributed by atoms with van der Waals surface area (Å²) in [4.78, 5) is 26.3. The number of halogens is 4. The smallest absolute Gasteiger partial charge is 0.338 e. The van der Waals surface area contributed by atoms with Gasteiger partial charge in [0, 0.05) is 18.7 Å². The van der Waals surface area contributed by atoms with Crippen LogP contribution in [0.25, 0.3) is 0 Å². The summed E-state index contributed by atoms with van der Waals surface area (Å²) >= 11 is 0.242. The van der Waals surface area contributed by atoms with Crippen LogP contribution in [0.4, 0.5) is 22.7 Å². The van der Waals surface area contributed by atoms with Crippen molar-refractivity contribution in [1.29, 1.82) is 0 Å². The number of carbonyl (C=O) groups is 2. The molecule has 11 heteroatoms. The minimum atomic E-state index is -4.62. The Hall–Kier alpha value is -2.56. The van der Waals surface area contributed by atoms with Crippen LogP contribution in [-0.4, -0.2) is 40.0 Å². The molecule has 0 radical (unpaired) electrons. The van der Waals surface area contributed by atoms with Crippen LogP contribution in [0.1, 0.15) is 28.2 Å². The molecule has 2 aromatic rings. The van der Waals surface area contributed by atoms with E-state index in [1.807, 2.05) is 0 Å². The second kappa shape index (κ2) is 7.59. The summed E-state index contributed by atoms with van der Waals surface area (Å²) in [6.45, 7) is 0.560. The second-order valence-corrected chi connectivity index (χ2v) is 6.97. The first-order valence-corrected chi connectivity index (χ1v) is 8.82. The van der Waals surface area contributed by atoms with Gasteiger partial charge in [-0.25, -0.2) is 4.39 Å². The molecule has 1 atom stereocenters. The van der Waals surface area contributed by atoms with Gasteiger partial charge in [0.2, 0.25) is 16.0 Å². The number of alkyl halides is 3. The Morgan fingerprint density at radius 1 is 1.19 bits per heavy atom. The quantitative estimate of drug-likeness (QED) is 0.801. The molecule has 1 N–H and O–H groups in total. The largest absolute Gasteiger partial charge is 0.445 e. The third-order valence-corrected chi connectivity index (χ3v) is 4.95. The zero-order valence-electron chi connectivity index (χ0n) is 13.8. The van der Waals surface area contributed by atoms with E-state index in [0.717, 1.165) is 0 Å². The monoisotopic (exact) mass is 402 g/mol. The lowest BCUT2D eigenvalue weighted by Crippen LogP contribution is -2.43. The predicted octanol–water partition coefficient (Wildman–Crippen LogP) is 3.19. The van der Waals surface area contributed by atoms with E-state index in [1.165, 1.54) is 29.2 Å². The maximum atomic E-state index is 13.0. The molecule has 0 saturated carbocycles. The van der Waals surface area contributed by atoms with Gasteiger partial charge < -0.3 is 10.2 Å². The average molecular weight is 402 g/mol. The van der Waals surface area contributed by atoms with Gasteiger partial charge in [0.25, 0.3) is 5.91 Å². The van der Waals surface area contributed by atoms with Crippen LogP contribution in [0.15, 0.2) is 24.3 Å². The van der Waals surface area contributed by atoms with Gasteiger partial charge in [-0.05, 0) is 37.1 Å². The molecule has 0 bridgehead atoms. The summed E-state index contributed by atoms with van der Waals surface area (Å²) in [5.41, 5.74) is 0.302. The number of nitrogens with zero attached hydrogens (tertiary/aromatic N) is 3. The lowest BCUT2D eigenvalue weighted by molar-refractivity contribution is -0.138. The van der Waals surface area contributed by atoms with Gasteiger partial charge in [-0.3, -0.25) is 9.59 Å². The molecule has 27 heavy (non-hydrogen) atoms. The van der Waals surface area contributed by atoms with Gasteiger partial charge >= 0.3 is 6.18 Å². The normalized spacial score (nSPS) is 17.6. The van der Waals surface area contributed by atoms with E-state index in [1.54, 1.807) is 0 Å². The molecule has 0 spiro atoms. The Labute approximate surface area is 155 Å². The van der Waals surface area contributed by atoms with Crippen molar-refractivity contribution < 1.29 is 27.2 Å². The van der Waals surface area contributed by atoms with Crippen LogP contribution in [0.2, 0.25) is 0 Å². The van der Waals surface area contributed by atoms with Crippen molar-refractivity contribution >= 4 is 28.3 Å². The standard InChI is InChI=1S/C16H14F4N4O2S/c17-11-5-3-9(4-6-11)13(26)24-7-1-2-10(8-24)12(25)21-15-23-22-14(27-15)16(18,19)20/h3-6,10H,1-2,7-8H2,(H,21,23,25)/t10-/m0/s1. The molecule has 1 saturated heterocycles. The van der Waals surface area contributed by atoms with Crippen LogP contribution < -0.4 is 5.32 Å². The van der Waals surface area contributed by atoms with Crippen LogP contribution in [0, 0.1) is 11.7 Å². The fourth-order valence-electron chi connectivity index (χ4n) is 2.75. The van der Waals surface area contributed by atoms with Crippen LogP contribution >= 0.6 is 11.3 Å². The van der Waals surface area contributed by atoms with Gasteiger partial charge in [-0.2, -0.15) is 13.2 Å². The molecule has 144 valence electrons. The first-order chi connectivity index (χ1) is 12.7. The van der Waals surface area contributed by atoms with Crippen molar-refractivity contribution in [1.82, 2.24) is 15.1 Å². The Kier molecular flexibility index (Phi) is 5.40. The highest BCUT2D eigenvalue weighted by molar-refractivity contribution is 7.15. The van der Waals surface area contributed by atoms with Crippen molar-refractivity contribution in [3.63, 3.8) is 0 Å². The summed E-state index contributed by atoms with van der Waals surface area (Å²) < 4.78 is 50.6. The van der Waals surface area contributed by atoms with E-state index in [-0.39, 0.29) is 28.9 Å². The maximum Gasteiger partial charge on any atom is 0.445 e. The van der Waals surface area contributed by atoms with Crippen molar-refractivity contribution in [3.05, 3.63) is 40.7 Å². The van der Waals surface area contributed by atoms with E-state index in [0.29, 0.717) is 24.9 Å². The summed E-state index contributed by atoms with van der Waals surface area (Å²) in [5, 5.41) is 7.28. The van der Waals surface area contributed by atoms with Crippen LogP contribution in [0.3, 0.4) is 0 Å². The highest BCUT2D eigenvalue weighted by atomic mass is 32.1. The predicted molar refractivity (Wildman–Crippen MR) is 88.6 cm³/mol. The number of rotatable bonds is 3. The SMILES string of the molecule is O=C(Nc1nnc(C(F)(F)F)s1)[C@H]1CCCN(C(=O)c2ccc(F)cc2)C1. The zero-order valence-corrected chi connectivity index (χ0v) is 14.6. The highest BCUT2D eigenvalue weighted by Gasteiger charge is 2.36. The molecular weight excluding hydrogens is 388 g/mol. The molecular formula is C16H14F4N4O2S. The number of anilines is 1. The number of hydrogen-bond acceptors (Lipinski definition) is 5. The van der Waals surface area contributed by atoms with Gasteiger partial charge in [0.15, 0.2) is 0 Å². The van der Waals surface area contributed by atoms with Crippen molar-refractivity contribution in [2.45, 2.75) is 19.0 Å². The van der Waals surface area contributed by atoms with Gasteiger partial charge in [0.05, 0.1) is 5.92 Å². The highest BCUT2D eigenvalue weighted by Crippen LogP contribution is 2.33. The number of hydrogen-bond donors (Lipinski definition) is 1. The van der Waals surface area contributed by atoms with E-state index in [2.05, 4.69) is 15.5 Å². The van der Waals surface area contributed by atoms with Gasteiger partial charge in [0.1, 0.15) is 5.82 Å². The first-order valence-electron chi connectivity index (χ1n) is 8.00. The summed E-state index contributed by atoms with van der Waals surface area (Å²) in [6.07, 6.45) is -3.57. The fourth-order valence-corrected chi connectivity index (χ4v) is 3.36. The number of piperidine rings is 1. The maximum absolute atomic E-state index is 13.0. The molecule has 1 aliphatic rings. The number of aromatic nitrogens is 2. The number of nitrogens with one attached hydrogen (secondary N) is 1. The topological polar surface area (TPSA) is 75.2 Å². The number of carbonyl (C=O) groups excluding carboxylic acids is 2. The average Bonchev–Trinajstić information content (AvgIpc) is 3.11. The number of benzene rings is 1. The van der Waals surface area contributed by atoms with Crippen molar-refractivity contribution in [3.8, 4) is 0 Å². The van der Waals surface area contributed by atoms with Crippen molar-refractivity contribution in [2.24, 2.45) is 5.92 Å². The van der Waals surface area contributed by atoms with Crippen LogP contribution in [-0.2, 0) is 11.0 Å². The van der Waals surface area contributed by atoms with E-state index >= 15 is 0 Å². The summed E-state index contributed by atoms with van der Waals surface area (Å²) in [5.74, 6) is -1.89. The lowest BCUT2D eigenvalue weighted by Gasteiger charge is -2.32. The first kappa shape index (κ1) is 19.2. The third-order valence-electron chi connectivity index (χ3n) is 4.07. The van der Waals surface area contributed by atoms with E-state index in [4.69, 9.17) is 0 Å². The molecule has 6 nitrogen and oxygen atoms in total. The molecule has 1 aliphatic heterocycles. The molecule has 2 heterocycles. The number of amides is 2. The Morgan fingerprint density at radius 3 is 2.52 bits per heavy atom. The number of likely N-dealkylation sites (tertiary alicyclic amines) is 1. The van der Waals surface area contributed by atoms with Crippen LogP contribution in [0.5, 0.6) is 0 Å². The molecule has 3 rings (SSSR count). The minimum absolute atomic E-state index is 0.118. The van der Waals surface area contributed by atoms with E-state index in [9.17, 15) is 27.2 Å². The Bertz CT molecular complexity index is 838. The van der Waals surface area contributed by atoms with Gasteiger partial charge in [-0.15, -0.1) is 10.2 Å². The van der Waals surface area contributed by atoms with Crippen molar-refractivity contribution in [2.75, 3.05) is 18.4 Å². The molecule has 0 aliphatic carbocycles. The van der Waals surface area contributed by atoms with E-state index < -0.39 is 28.8 Å². The Balaban J connectivity index is 1.63. The second-order valence-electron chi connectivity index (χ2n) is 6.00. The molecule has 1 aromatic carbocycles. The molecule has 0 unspecified atom stereocenters. The van der Waals surface area contributed by atoms with Gasteiger partial charge in [-0.1, -0.05) is 11.3 Å². The molecule has 2 amide bonds. The Morgan fingerprint density at radius 2 is 1.89 bits per heavy atom. The third kappa shape index (κ3) is 4.59. The minimum Gasteiger partial charge on any atom is -0.338 e. The summed E-state index contributed by atoms with van der Waals surface area (Å²) in [7, 11) is 0. The molecule has 1 aromatic heterocycles. The lowest BCUT2D eigenvalue weighted by atomic mass is 9.96. The summed E-state index contributed by atoms with van der Waals surface area (Å²) in [6, 6.07) is 5.08. The zero-order chi connectivity index (χ0) is 19.6. The molecule has 1 fully saturated rings.